The van der Waals surface area contributed by atoms with E-state index in [4.69, 9.17) is 0 Å². The van der Waals surface area contributed by atoms with E-state index in [9.17, 15) is 5.21 Å². The molecule has 0 amide bonds. The number of hydrogen-bond acceptors (Lipinski definition) is 2. The third-order valence-corrected chi connectivity index (χ3v) is 0.799. The lowest BCUT2D eigenvalue weighted by Gasteiger charge is -1.89. The molecule has 44 valence electrons. The predicted octanol–water partition coefficient (Wildman–Crippen LogP) is -0.820. The van der Waals surface area contributed by atoms with Crippen LogP contribution < -0.4 is 9.57 Å². The standard InChI is InChI=1S/C4H6N2O2/c1-8-6-3-2-5(7)4-6/h2-4H,1H3. The fourth-order valence-corrected chi connectivity index (χ4v) is 0.429. The largest absolute Gasteiger partial charge is 0.711 e. The molecule has 0 spiro atoms. The Morgan fingerprint density at radius 1 is 1.75 bits per heavy atom. The van der Waals surface area contributed by atoms with Gasteiger partial charge in [-0.2, -0.15) is 0 Å². The minimum absolute atomic E-state index is 0.656. The molecule has 4 heteroatoms. The molecule has 1 aromatic heterocycles. The van der Waals surface area contributed by atoms with Crippen molar-refractivity contribution in [2.24, 2.45) is 0 Å². The van der Waals surface area contributed by atoms with Gasteiger partial charge in [-0.05, 0) is 0 Å². The van der Waals surface area contributed by atoms with Crippen LogP contribution in [-0.2, 0) is 0 Å². The fraction of sp³-hybridized carbons (Fsp3) is 0.250. The minimum Gasteiger partial charge on any atom is -0.711 e. The van der Waals surface area contributed by atoms with E-state index in [2.05, 4.69) is 4.84 Å². The number of hydrogen-bond donors (Lipinski definition) is 0. The third kappa shape index (κ3) is 0.726. The van der Waals surface area contributed by atoms with E-state index in [1.54, 1.807) is 0 Å². The molecule has 0 unspecified atom stereocenters. The Labute approximate surface area is 46.5 Å². The lowest BCUT2D eigenvalue weighted by atomic mass is 11.0. The molecular formula is C4H6N2O2. The van der Waals surface area contributed by atoms with E-state index in [0.717, 1.165) is 0 Å². The average molecular weight is 114 g/mol. The van der Waals surface area contributed by atoms with Crippen molar-refractivity contribution in [2.75, 3.05) is 7.11 Å². The van der Waals surface area contributed by atoms with Crippen LogP contribution in [0.2, 0.25) is 0 Å². The maximum absolute atomic E-state index is 10.3. The molecule has 0 saturated heterocycles. The zero-order valence-corrected chi connectivity index (χ0v) is 4.44. The molecule has 0 N–H and O–H groups in total. The summed E-state index contributed by atoms with van der Waals surface area (Å²) in [5.74, 6) is 0. The van der Waals surface area contributed by atoms with Gasteiger partial charge in [-0.15, -0.1) is 0 Å². The van der Waals surface area contributed by atoms with Crippen LogP contribution in [0.5, 0.6) is 0 Å². The molecule has 0 fully saturated rings. The van der Waals surface area contributed by atoms with Gasteiger partial charge in [0.15, 0.2) is 6.20 Å². The van der Waals surface area contributed by atoms with Gasteiger partial charge in [-0.1, -0.05) is 4.73 Å². The molecule has 0 aromatic carbocycles. The topological polar surface area (TPSA) is 41.1 Å². The third-order valence-electron chi connectivity index (χ3n) is 0.799. The average Bonchev–Trinajstić information content (AvgIpc) is 2.14. The number of aromatic nitrogens is 2. The highest BCUT2D eigenvalue weighted by molar-refractivity contribution is 4.60. The molecule has 4 nitrogen and oxygen atoms in total. The summed E-state index contributed by atoms with van der Waals surface area (Å²) < 4.78 is 1.97. The normalized spacial score (nSPS) is 9.12. The molecule has 0 atom stereocenters. The summed E-state index contributed by atoms with van der Waals surface area (Å²) in [4.78, 5) is 4.63. The van der Waals surface area contributed by atoms with Gasteiger partial charge in [0.05, 0.1) is 0 Å². The summed E-state index contributed by atoms with van der Waals surface area (Å²) in [7, 11) is 1.49. The summed E-state index contributed by atoms with van der Waals surface area (Å²) in [5, 5.41) is 10.3. The second-order valence-electron chi connectivity index (χ2n) is 1.32. The van der Waals surface area contributed by atoms with Crippen LogP contribution >= 0.6 is 0 Å². The molecule has 1 aromatic rings. The summed E-state index contributed by atoms with van der Waals surface area (Å²) >= 11 is 0. The zero-order valence-electron chi connectivity index (χ0n) is 4.44. The Bertz CT molecular complexity index is 172. The first-order chi connectivity index (χ1) is 3.83. The van der Waals surface area contributed by atoms with E-state index < -0.39 is 0 Å². The smallest absolute Gasteiger partial charge is 0.287 e. The van der Waals surface area contributed by atoms with Crippen molar-refractivity contribution in [1.82, 2.24) is 4.73 Å². The summed E-state index contributed by atoms with van der Waals surface area (Å²) in [6.07, 6.45) is 4.15. The van der Waals surface area contributed by atoms with Crippen LogP contribution in [0.15, 0.2) is 18.7 Å². The molecule has 0 aliphatic rings. The first kappa shape index (κ1) is 4.96. The van der Waals surface area contributed by atoms with Crippen LogP contribution in [-0.4, -0.2) is 11.8 Å². The molecule has 0 aliphatic heterocycles. The van der Waals surface area contributed by atoms with Crippen molar-refractivity contribution in [3.05, 3.63) is 23.9 Å². The van der Waals surface area contributed by atoms with E-state index in [-0.39, 0.29) is 0 Å². The van der Waals surface area contributed by atoms with Gasteiger partial charge in [0, 0.05) is 0 Å². The van der Waals surface area contributed by atoms with Crippen LogP contribution in [0.3, 0.4) is 0 Å². The summed E-state index contributed by atoms with van der Waals surface area (Å²) in [6, 6.07) is 0. The van der Waals surface area contributed by atoms with Crippen molar-refractivity contribution in [1.29, 1.82) is 0 Å². The lowest BCUT2D eigenvalue weighted by Crippen LogP contribution is -2.22. The van der Waals surface area contributed by atoms with Gasteiger partial charge in [0.25, 0.3) is 6.33 Å². The number of imidazole rings is 1. The van der Waals surface area contributed by atoms with Gasteiger partial charge in [0.1, 0.15) is 13.3 Å². The maximum Gasteiger partial charge on any atom is 0.287 e. The molecule has 0 saturated carbocycles. The quantitative estimate of drug-likeness (QED) is 0.353. The maximum atomic E-state index is 10.3. The highest BCUT2D eigenvalue weighted by Gasteiger charge is 1.91. The van der Waals surface area contributed by atoms with Crippen molar-refractivity contribution in [2.45, 2.75) is 0 Å². The summed E-state index contributed by atoms with van der Waals surface area (Å²) in [5.41, 5.74) is 0. The molecular weight excluding hydrogens is 108 g/mol. The molecule has 1 rings (SSSR count). The predicted molar refractivity (Wildman–Crippen MR) is 25.9 cm³/mol. The molecule has 0 aliphatic carbocycles. The van der Waals surface area contributed by atoms with Gasteiger partial charge >= 0.3 is 0 Å². The Hall–Kier alpha value is -1.19. The van der Waals surface area contributed by atoms with Crippen molar-refractivity contribution in [3.63, 3.8) is 0 Å². The SMILES string of the molecule is COn1cc[n+]([O-])c1. The zero-order chi connectivity index (χ0) is 5.98. The minimum atomic E-state index is 0.656. The second-order valence-corrected chi connectivity index (χ2v) is 1.32. The van der Waals surface area contributed by atoms with Gasteiger partial charge in [0.2, 0.25) is 0 Å². The highest BCUT2D eigenvalue weighted by Crippen LogP contribution is 1.73. The van der Waals surface area contributed by atoms with Crippen LogP contribution in [0, 0.1) is 5.21 Å². The number of rotatable bonds is 1. The van der Waals surface area contributed by atoms with Gasteiger partial charge in [-0.25, -0.2) is 4.73 Å². The summed E-state index contributed by atoms with van der Waals surface area (Å²) in [6.45, 7) is 0. The molecule has 0 radical (unpaired) electrons. The molecule has 1 heterocycles. The molecule has 8 heavy (non-hydrogen) atoms. The van der Waals surface area contributed by atoms with Crippen molar-refractivity contribution in [3.8, 4) is 0 Å². The van der Waals surface area contributed by atoms with E-state index in [0.29, 0.717) is 4.73 Å². The van der Waals surface area contributed by atoms with E-state index in [1.165, 1.54) is 30.6 Å². The van der Waals surface area contributed by atoms with Crippen LogP contribution in [0.1, 0.15) is 0 Å². The second kappa shape index (κ2) is 1.73. The number of nitrogens with zero attached hydrogens (tertiary/aromatic N) is 2. The van der Waals surface area contributed by atoms with Crippen LogP contribution in [0.25, 0.3) is 0 Å². The first-order valence-corrected chi connectivity index (χ1v) is 2.14. The fourth-order valence-electron chi connectivity index (χ4n) is 0.429. The van der Waals surface area contributed by atoms with Crippen molar-refractivity contribution < 1.29 is 9.57 Å². The van der Waals surface area contributed by atoms with Gasteiger partial charge < -0.3 is 10.0 Å². The van der Waals surface area contributed by atoms with Crippen LogP contribution in [0.4, 0.5) is 0 Å². The Kier molecular flexibility index (Phi) is 1.07. The first-order valence-electron chi connectivity index (χ1n) is 2.14. The Morgan fingerprint density at radius 2 is 2.50 bits per heavy atom. The van der Waals surface area contributed by atoms with Crippen molar-refractivity contribution >= 4 is 0 Å². The Morgan fingerprint density at radius 3 is 2.75 bits per heavy atom. The van der Waals surface area contributed by atoms with E-state index in [1.807, 2.05) is 0 Å². The molecule has 0 bridgehead atoms. The van der Waals surface area contributed by atoms with Gasteiger partial charge in [-0.3, -0.25) is 0 Å². The Balaban J connectivity index is 2.84. The lowest BCUT2D eigenvalue weighted by molar-refractivity contribution is -0.606. The van der Waals surface area contributed by atoms with E-state index >= 15 is 0 Å². The highest BCUT2D eigenvalue weighted by atomic mass is 16.6. The monoisotopic (exact) mass is 114 g/mol.